The maximum absolute atomic E-state index is 13.4. The number of pyridine rings is 1. The van der Waals surface area contributed by atoms with Crippen molar-refractivity contribution in [2.75, 3.05) is 25.5 Å². The van der Waals surface area contributed by atoms with Crippen LogP contribution in [0.3, 0.4) is 0 Å². The van der Waals surface area contributed by atoms with Gasteiger partial charge in [-0.2, -0.15) is 0 Å². The van der Waals surface area contributed by atoms with Gasteiger partial charge in [0.05, 0.1) is 17.6 Å². The Labute approximate surface area is 219 Å². The summed E-state index contributed by atoms with van der Waals surface area (Å²) in [6.45, 7) is 5.84. The number of nitrogens with zero attached hydrogens (tertiary/aromatic N) is 4. The summed E-state index contributed by atoms with van der Waals surface area (Å²) in [5.74, 6) is -0.381. The Balaban J connectivity index is 1.61. The van der Waals surface area contributed by atoms with Crippen LogP contribution in [0.1, 0.15) is 37.3 Å². The number of imidazole rings is 1. The summed E-state index contributed by atoms with van der Waals surface area (Å²) in [6, 6.07) is 8.48. The number of para-hydroxylation sites is 1. The molecule has 2 N–H and O–H groups in total. The highest BCUT2D eigenvalue weighted by atomic mass is 35.5. The Morgan fingerprint density at radius 1 is 1.16 bits per heavy atom. The van der Waals surface area contributed by atoms with Crippen molar-refractivity contribution in [3.8, 4) is 5.75 Å². The van der Waals surface area contributed by atoms with E-state index in [2.05, 4.69) is 44.1 Å². The van der Waals surface area contributed by atoms with Gasteiger partial charge in [-0.05, 0) is 51.0 Å². The molecule has 11 nitrogen and oxygen atoms in total. The lowest BCUT2D eigenvalue weighted by molar-refractivity contribution is -0.116. The van der Waals surface area contributed by atoms with E-state index in [-0.39, 0.29) is 29.7 Å². The first-order valence-corrected chi connectivity index (χ1v) is 12.3. The Bertz CT molecular complexity index is 1280. The van der Waals surface area contributed by atoms with Gasteiger partial charge in [0.2, 0.25) is 11.7 Å². The number of carbonyl (C=O) groups is 3. The molecule has 3 aromatic rings. The number of likely N-dealkylation sites (tertiary alicyclic amines) is 1. The van der Waals surface area contributed by atoms with E-state index in [1.165, 1.54) is 23.9 Å². The molecule has 1 saturated heterocycles. The zero-order valence-corrected chi connectivity index (χ0v) is 21.6. The van der Waals surface area contributed by atoms with E-state index in [1.54, 1.807) is 24.3 Å². The molecule has 0 saturated carbocycles. The summed E-state index contributed by atoms with van der Waals surface area (Å²) in [7, 11) is 1.19. The Hall–Kier alpha value is -3.70. The average molecular weight is 529 g/mol. The van der Waals surface area contributed by atoms with Crippen LogP contribution < -0.4 is 15.4 Å². The van der Waals surface area contributed by atoms with Gasteiger partial charge in [-0.1, -0.05) is 17.7 Å². The monoisotopic (exact) mass is 528 g/mol. The van der Waals surface area contributed by atoms with Crippen LogP contribution >= 0.6 is 11.6 Å². The number of amides is 2. The first-order valence-electron chi connectivity index (χ1n) is 12.0. The normalized spacial score (nSPS) is 14.5. The molecule has 1 aliphatic rings. The molecule has 2 aromatic heterocycles. The van der Waals surface area contributed by atoms with Gasteiger partial charge in [-0.15, -0.1) is 0 Å². The number of rotatable bonds is 7. The molecule has 3 heterocycles. The predicted molar refractivity (Wildman–Crippen MR) is 138 cm³/mol. The molecule has 0 bridgehead atoms. The van der Waals surface area contributed by atoms with Gasteiger partial charge in [-0.25, -0.2) is 14.8 Å². The molecule has 0 spiro atoms. The highest BCUT2D eigenvalue weighted by molar-refractivity contribution is 6.30. The third kappa shape index (κ3) is 6.36. The van der Waals surface area contributed by atoms with E-state index in [0.717, 1.165) is 25.9 Å². The Morgan fingerprint density at radius 3 is 2.57 bits per heavy atom. The molecule has 2 amide bonds. The van der Waals surface area contributed by atoms with Gasteiger partial charge in [0.1, 0.15) is 17.9 Å². The lowest BCUT2D eigenvalue weighted by Crippen LogP contribution is -2.47. The van der Waals surface area contributed by atoms with Crippen molar-refractivity contribution in [3.05, 3.63) is 47.4 Å². The van der Waals surface area contributed by atoms with Gasteiger partial charge < -0.3 is 29.6 Å². The zero-order chi connectivity index (χ0) is 26.5. The van der Waals surface area contributed by atoms with Crippen LogP contribution in [0.5, 0.6) is 5.75 Å². The molecular weight excluding hydrogens is 500 g/mol. The molecule has 0 unspecified atom stereocenters. The summed E-state index contributed by atoms with van der Waals surface area (Å²) in [4.78, 5) is 49.0. The summed E-state index contributed by atoms with van der Waals surface area (Å²) in [6.07, 6.45) is 2.12. The first-order chi connectivity index (χ1) is 17.7. The number of aromatic nitrogens is 3. The van der Waals surface area contributed by atoms with Crippen LogP contribution in [0.4, 0.5) is 10.6 Å². The number of halogens is 1. The van der Waals surface area contributed by atoms with Crippen molar-refractivity contribution < 1.29 is 23.9 Å². The molecule has 0 aliphatic carbocycles. The van der Waals surface area contributed by atoms with Gasteiger partial charge in [0, 0.05) is 31.4 Å². The number of anilines is 1. The van der Waals surface area contributed by atoms with Crippen molar-refractivity contribution in [2.24, 2.45) is 0 Å². The van der Waals surface area contributed by atoms with Crippen molar-refractivity contribution in [1.29, 1.82) is 0 Å². The Kier molecular flexibility index (Phi) is 8.24. The van der Waals surface area contributed by atoms with E-state index in [4.69, 9.17) is 16.3 Å². The number of methoxy groups -OCH3 is 1. The average Bonchev–Trinajstić information content (AvgIpc) is 3.25. The maximum Gasteiger partial charge on any atom is 0.513 e. The van der Waals surface area contributed by atoms with Crippen LogP contribution in [-0.2, 0) is 16.1 Å². The topological polar surface area (TPSA) is 128 Å². The Morgan fingerprint density at radius 2 is 1.92 bits per heavy atom. The summed E-state index contributed by atoms with van der Waals surface area (Å²) >= 11 is 5.87. The molecule has 4 rings (SSSR count). The van der Waals surface area contributed by atoms with Crippen LogP contribution in [-0.4, -0.2) is 69.7 Å². The summed E-state index contributed by atoms with van der Waals surface area (Å²) < 4.78 is 11.3. The van der Waals surface area contributed by atoms with E-state index in [9.17, 15) is 14.4 Å². The molecule has 12 heteroatoms. The molecule has 1 aliphatic heterocycles. The van der Waals surface area contributed by atoms with E-state index < -0.39 is 18.0 Å². The van der Waals surface area contributed by atoms with Crippen molar-refractivity contribution >= 4 is 46.4 Å². The van der Waals surface area contributed by atoms with Crippen LogP contribution in [0.25, 0.3) is 11.0 Å². The van der Waals surface area contributed by atoms with Crippen molar-refractivity contribution in [3.63, 3.8) is 0 Å². The number of hydrogen-bond donors (Lipinski definition) is 2. The predicted octanol–water partition coefficient (Wildman–Crippen LogP) is 3.47. The zero-order valence-electron chi connectivity index (χ0n) is 20.9. The van der Waals surface area contributed by atoms with Crippen LogP contribution in [0.2, 0.25) is 5.02 Å². The van der Waals surface area contributed by atoms with Crippen LogP contribution in [0, 0.1) is 0 Å². The van der Waals surface area contributed by atoms with E-state index in [1.807, 2.05) is 0 Å². The van der Waals surface area contributed by atoms with Gasteiger partial charge >= 0.3 is 6.16 Å². The minimum absolute atomic E-state index is 0.0198. The minimum atomic E-state index is -0.920. The maximum atomic E-state index is 13.4. The molecule has 0 atom stereocenters. The number of fused-ring (bicyclic) bond motifs is 1. The van der Waals surface area contributed by atoms with Gasteiger partial charge in [-0.3, -0.25) is 9.59 Å². The highest BCUT2D eigenvalue weighted by Gasteiger charge is 2.27. The molecule has 1 aromatic carbocycles. The molecule has 37 heavy (non-hydrogen) atoms. The third-order valence-electron chi connectivity index (χ3n) is 6.20. The quantitative estimate of drug-likeness (QED) is 0.352. The van der Waals surface area contributed by atoms with Gasteiger partial charge in [0.25, 0.3) is 5.91 Å². The second kappa shape index (κ2) is 11.6. The molecule has 196 valence electrons. The van der Waals surface area contributed by atoms with Crippen LogP contribution in [0.15, 0.2) is 36.5 Å². The second-order valence-corrected chi connectivity index (χ2v) is 9.43. The SMILES string of the molecule is COC(=O)Oc1cccc2c1nc(C(=O)NC1CCN(C(C)C)CC1)n2CC(=O)Nc1ccc(Cl)cn1. The van der Waals surface area contributed by atoms with Crippen molar-refractivity contribution in [2.45, 2.75) is 45.3 Å². The largest absolute Gasteiger partial charge is 0.513 e. The van der Waals surface area contributed by atoms with Crippen molar-refractivity contribution in [1.82, 2.24) is 24.8 Å². The number of benzene rings is 1. The minimum Gasteiger partial charge on any atom is -0.437 e. The van der Waals surface area contributed by atoms with E-state index in [0.29, 0.717) is 22.4 Å². The molecular formula is C25H29ClN6O5. The van der Waals surface area contributed by atoms with Gasteiger partial charge in [0.15, 0.2) is 5.75 Å². The molecule has 1 fully saturated rings. The first kappa shape index (κ1) is 26.4. The lowest BCUT2D eigenvalue weighted by Gasteiger charge is -2.34. The lowest BCUT2D eigenvalue weighted by atomic mass is 10.0. The highest BCUT2D eigenvalue weighted by Crippen LogP contribution is 2.27. The fourth-order valence-corrected chi connectivity index (χ4v) is 4.37. The standard InChI is InChI=1S/C25H29ClN6O5/c1-15(2)31-11-9-17(10-12-31)28-24(34)23-30-22-18(5-4-6-19(22)37-25(35)36-3)32(23)14-21(33)29-20-8-7-16(26)13-27-20/h4-8,13,15,17H,9-12,14H2,1-3H3,(H,28,34)(H,27,29,33). The fourth-order valence-electron chi connectivity index (χ4n) is 4.25. The number of hydrogen-bond acceptors (Lipinski definition) is 8. The second-order valence-electron chi connectivity index (χ2n) is 8.99. The smallest absolute Gasteiger partial charge is 0.437 e. The van der Waals surface area contributed by atoms with E-state index >= 15 is 0 Å². The third-order valence-corrected chi connectivity index (χ3v) is 6.42. The fraction of sp³-hybridized carbons (Fsp3) is 0.400. The number of ether oxygens (including phenoxy) is 2. The number of piperidine rings is 1. The number of carbonyl (C=O) groups excluding carboxylic acids is 3. The number of nitrogens with one attached hydrogen (secondary N) is 2. The summed E-state index contributed by atoms with van der Waals surface area (Å²) in [5, 5.41) is 6.19. The molecule has 0 radical (unpaired) electrons. The summed E-state index contributed by atoms with van der Waals surface area (Å²) in [5.41, 5.74) is 0.700.